The molecule has 2 heterocycles. The van der Waals surface area contributed by atoms with Crippen LogP contribution in [0.25, 0.3) is 24.4 Å². The van der Waals surface area contributed by atoms with Gasteiger partial charge in [-0.25, -0.2) is 4.79 Å². The van der Waals surface area contributed by atoms with Crippen LogP contribution in [0.15, 0.2) is 71.0 Å². The number of esters is 1. The van der Waals surface area contributed by atoms with E-state index in [1.54, 1.807) is 24.3 Å². The predicted octanol–water partition coefficient (Wildman–Crippen LogP) is 1.68. The minimum atomic E-state index is -0.870. The van der Waals surface area contributed by atoms with Crippen molar-refractivity contribution in [3.05, 3.63) is 98.6 Å². The zero-order valence-corrected chi connectivity index (χ0v) is 17.1. The molecule has 0 saturated heterocycles. The number of imidazole rings is 1. The zero-order valence-electron chi connectivity index (χ0n) is 17.1. The van der Waals surface area contributed by atoms with Gasteiger partial charge in [-0.1, -0.05) is 54.6 Å². The molecule has 0 atom stereocenters. The first kappa shape index (κ1) is 20.7. The maximum Gasteiger partial charge on any atom is 0.349 e. The van der Waals surface area contributed by atoms with E-state index in [1.807, 2.05) is 36.4 Å². The molecule has 1 aliphatic rings. The molecule has 1 aromatic heterocycles. The number of aromatic nitrogens is 2. The molecule has 1 N–H and O–H groups in total. The summed E-state index contributed by atoms with van der Waals surface area (Å²) >= 11 is 0. The van der Waals surface area contributed by atoms with Crippen molar-refractivity contribution < 1.29 is 19.1 Å². The zero-order chi connectivity index (χ0) is 22.7. The van der Waals surface area contributed by atoms with E-state index >= 15 is 0 Å². The van der Waals surface area contributed by atoms with E-state index < -0.39 is 17.3 Å². The Hall–Kier alpha value is -4.52. The van der Waals surface area contributed by atoms with Crippen LogP contribution >= 0.6 is 0 Å². The highest BCUT2D eigenvalue weighted by Gasteiger charge is 2.30. The van der Waals surface area contributed by atoms with Crippen molar-refractivity contribution in [2.75, 3.05) is 0 Å². The number of ketones is 2. The van der Waals surface area contributed by atoms with Gasteiger partial charge in [0.1, 0.15) is 22.2 Å². The Morgan fingerprint density at radius 2 is 1.72 bits per heavy atom. The monoisotopic (exact) mass is 426 g/mol. The van der Waals surface area contributed by atoms with Gasteiger partial charge in [0.2, 0.25) is 5.78 Å². The average Bonchev–Trinajstić information content (AvgIpc) is 3.05. The molecular weight excluding hydrogens is 408 g/mol. The van der Waals surface area contributed by atoms with E-state index in [-0.39, 0.29) is 33.5 Å². The van der Waals surface area contributed by atoms with Gasteiger partial charge < -0.3 is 9.72 Å². The number of para-hydroxylation sites is 1. The van der Waals surface area contributed by atoms with E-state index in [2.05, 4.69) is 4.98 Å². The normalized spacial score (nSPS) is 16.0. The van der Waals surface area contributed by atoms with Gasteiger partial charge in [-0.15, -0.1) is 0 Å². The Morgan fingerprint density at radius 3 is 2.47 bits per heavy atom. The van der Waals surface area contributed by atoms with Gasteiger partial charge in [0.15, 0.2) is 5.78 Å². The number of nitrogens with one attached hydrogen (secondary N) is 1. The van der Waals surface area contributed by atoms with E-state index in [0.717, 1.165) is 16.3 Å². The number of carbonyl (C=O) groups excluding carboxylic acids is 3. The van der Waals surface area contributed by atoms with Gasteiger partial charge in [-0.05, 0) is 30.7 Å². The summed E-state index contributed by atoms with van der Waals surface area (Å²) in [7, 11) is 0. The Balaban J connectivity index is 1.82. The number of allylic oxidation sites excluding steroid dienone is 1. The Bertz CT molecular complexity index is 1470. The lowest BCUT2D eigenvalue weighted by atomic mass is 10.0. The quantitative estimate of drug-likeness (QED) is 0.296. The molecule has 0 aliphatic carbocycles. The Kier molecular flexibility index (Phi) is 5.63. The smallest absolute Gasteiger partial charge is 0.349 e. The van der Waals surface area contributed by atoms with Gasteiger partial charge in [-0.3, -0.25) is 19.0 Å². The first-order valence-electron chi connectivity index (χ1n) is 9.78. The topological polar surface area (TPSA) is 98.2 Å². The van der Waals surface area contributed by atoms with Gasteiger partial charge in [0.25, 0.3) is 5.56 Å². The number of nitrogens with zero attached hydrogens (tertiary/aromatic N) is 1. The van der Waals surface area contributed by atoms with Crippen LogP contribution in [0, 0.1) is 0 Å². The molecule has 0 spiro atoms. The fourth-order valence-electron chi connectivity index (χ4n) is 3.23. The molecule has 0 saturated carbocycles. The molecule has 2 aromatic carbocycles. The van der Waals surface area contributed by atoms with Crippen LogP contribution < -0.4 is 21.1 Å². The van der Waals surface area contributed by atoms with Crippen LogP contribution in [0.2, 0.25) is 0 Å². The summed E-state index contributed by atoms with van der Waals surface area (Å²) in [4.78, 5) is 52.8. The summed E-state index contributed by atoms with van der Waals surface area (Å²) in [5.74, 6) is -1.58. The highest BCUT2D eigenvalue weighted by atomic mass is 16.5. The standard InChI is InChI=1S/C25H18N2O5/c1-16(28)14-22-26-20(12-7-10-17-8-3-2-4-9-17)24(30)27(22)15-19-23(29)18-11-5-6-13-21(18)32-25(19)31/h2-15,26H,1H3/b10-7-,19-15-,20-12+,22-14-. The summed E-state index contributed by atoms with van der Waals surface area (Å²) in [6, 6.07) is 15.9. The maximum absolute atomic E-state index is 13.0. The van der Waals surface area contributed by atoms with Gasteiger partial charge in [-0.2, -0.15) is 0 Å². The molecule has 7 heteroatoms. The molecule has 0 radical (unpaired) electrons. The first-order chi connectivity index (χ1) is 15.4. The third-order valence-corrected chi connectivity index (χ3v) is 4.72. The summed E-state index contributed by atoms with van der Waals surface area (Å²) in [6.07, 6.45) is 7.37. The SMILES string of the molecule is CC(=O)/C=c1/[nH]/c(=C/C=C\c2ccccc2)c(=O)n1/C=C1\C(=O)Oc2ccccc2C1=O. The predicted molar refractivity (Wildman–Crippen MR) is 120 cm³/mol. The van der Waals surface area contributed by atoms with Crippen LogP contribution in [-0.2, 0) is 9.59 Å². The molecule has 4 rings (SSSR count). The molecule has 32 heavy (non-hydrogen) atoms. The molecule has 0 bridgehead atoms. The van der Waals surface area contributed by atoms with Crippen LogP contribution in [0.4, 0.5) is 0 Å². The van der Waals surface area contributed by atoms with Crippen molar-refractivity contribution in [1.82, 2.24) is 9.55 Å². The van der Waals surface area contributed by atoms with Gasteiger partial charge in [0, 0.05) is 12.3 Å². The van der Waals surface area contributed by atoms with Crippen LogP contribution in [0.1, 0.15) is 22.8 Å². The molecule has 3 aromatic rings. The minimum Gasteiger partial charge on any atom is -0.422 e. The highest BCUT2D eigenvalue weighted by Crippen LogP contribution is 2.27. The Morgan fingerprint density at radius 1 is 1.00 bits per heavy atom. The highest BCUT2D eigenvalue weighted by molar-refractivity contribution is 6.29. The summed E-state index contributed by atoms with van der Waals surface area (Å²) < 4.78 is 6.28. The lowest BCUT2D eigenvalue weighted by molar-refractivity contribution is -0.130. The lowest BCUT2D eigenvalue weighted by Crippen LogP contribution is -2.31. The van der Waals surface area contributed by atoms with E-state index in [4.69, 9.17) is 4.74 Å². The van der Waals surface area contributed by atoms with Crippen molar-refractivity contribution >= 4 is 42.0 Å². The number of hydrogen-bond acceptors (Lipinski definition) is 5. The molecule has 1 aliphatic heterocycles. The number of rotatable bonds is 4. The van der Waals surface area contributed by atoms with Crippen molar-refractivity contribution in [3.63, 3.8) is 0 Å². The Labute approximate surface area is 182 Å². The van der Waals surface area contributed by atoms with Crippen molar-refractivity contribution in [2.24, 2.45) is 0 Å². The fraction of sp³-hybridized carbons (Fsp3) is 0.0400. The van der Waals surface area contributed by atoms with Crippen LogP contribution in [-0.4, -0.2) is 27.1 Å². The molecule has 7 nitrogen and oxygen atoms in total. The van der Waals surface area contributed by atoms with E-state index in [9.17, 15) is 19.2 Å². The van der Waals surface area contributed by atoms with Crippen molar-refractivity contribution in [2.45, 2.75) is 6.92 Å². The number of ether oxygens (including phenoxy) is 1. The molecule has 0 fully saturated rings. The average molecular weight is 426 g/mol. The molecule has 0 amide bonds. The third-order valence-electron chi connectivity index (χ3n) is 4.72. The lowest BCUT2D eigenvalue weighted by Gasteiger charge is -2.16. The van der Waals surface area contributed by atoms with Crippen molar-refractivity contribution in [3.8, 4) is 5.75 Å². The number of Topliss-reactive ketones (excluding diaryl/α,β-unsaturated/α-hetero) is 2. The van der Waals surface area contributed by atoms with E-state index in [0.29, 0.717) is 0 Å². The van der Waals surface area contributed by atoms with Crippen LogP contribution in [0.3, 0.4) is 0 Å². The summed E-state index contributed by atoms with van der Waals surface area (Å²) in [5, 5.41) is 0.179. The number of H-pyrrole nitrogens is 1. The van der Waals surface area contributed by atoms with Crippen LogP contribution in [0.5, 0.6) is 5.75 Å². The molecule has 0 unspecified atom stereocenters. The van der Waals surface area contributed by atoms with Gasteiger partial charge >= 0.3 is 5.97 Å². The third kappa shape index (κ3) is 4.17. The second-order valence-corrected chi connectivity index (χ2v) is 7.05. The summed E-state index contributed by atoms with van der Waals surface area (Å²) in [5.41, 5.74) is 0.462. The number of benzene rings is 2. The number of hydrogen-bond donors (Lipinski definition) is 1. The second kappa shape index (κ2) is 8.69. The first-order valence-corrected chi connectivity index (χ1v) is 9.78. The van der Waals surface area contributed by atoms with Crippen molar-refractivity contribution in [1.29, 1.82) is 0 Å². The maximum atomic E-state index is 13.0. The molecular formula is C25H18N2O5. The molecule has 158 valence electrons. The minimum absolute atomic E-state index is 0.133. The summed E-state index contributed by atoms with van der Waals surface area (Å²) in [6.45, 7) is 1.33. The number of carbonyl (C=O) groups is 3. The number of aromatic amines is 1. The fourth-order valence-corrected chi connectivity index (χ4v) is 3.23. The number of fused-ring (bicyclic) bond motifs is 1. The van der Waals surface area contributed by atoms with E-state index in [1.165, 1.54) is 25.1 Å². The second-order valence-electron chi connectivity index (χ2n) is 7.05. The van der Waals surface area contributed by atoms with Gasteiger partial charge in [0.05, 0.1) is 5.56 Å². The largest absolute Gasteiger partial charge is 0.422 e.